The molecule has 106 valence electrons. The van der Waals surface area contributed by atoms with Crippen LogP contribution in [-0.4, -0.2) is 42.9 Å². The molecule has 19 heavy (non-hydrogen) atoms. The Morgan fingerprint density at radius 3 is 3.05 bits per heavy atom. The van der Waals surface area contributed by atoms with E-state index in [1.807, 2.05) is 24.3 Å². The maximum atomic E-state index is 10.2. The average Bonchev–Trinajstić information content (AvgIpc) is 2.88. The molecule has 2 rings (SSSR count). The van der Waals surface area contributed by atoms with Gasteiger partial charge in [0, 0.05) is 24.2 Å². The zero-order chi connectivity index (χ0) is 13.7. The fraction of sp³-hybridized carbons (Fsp3) is 0.600. The van der Waals surface area contributed by atoms with Gasteiger partial charge in [-0.1, -0.05) is 28.1 Å². The highest BCUT2D eigenvalue weighted by molar-refractivity contribution is 9.10. The zero-order valence-corrected chi connectivity index (χ0v) is 13.0. The minimum Gasteiger partial charge on any atom is -0.388 e. The lowest BCUT2D eigenvalue weighted by molar-refractivity contribution is 0.0740. The van der Waals surface area contributed by atoms with Crippen LogP contribution in [0.15, 0.2) is 28.7 Å². The van der Waals surface area contributed by atoms with Gasteiger partial charge in [0.2, 0.25) is 0 Å². The highest BCUT2D eigenvalue weighted by atomic mass is 79.9. The van der Waals surface area contributed by atoms with Crippen LogP contribution < -0.4 is 0 Å². The van der Waals surface area contributed by atoms with Crippen LogP contribution >= 0.6 is 15.9 Å². The lowest BCUT2D eigenvalue weighted by Gasteiger charge is -2.22. The summed E-state index contributed by atoms with van der Waals surface area (Å²) in [6.45, 7) is 2.75. The van der Waals surface area contributed by atoms with Crippen molar-refractivity contribution in [3.05, 3.63) is 34.3 Å². The van der Waals surface area contributed by atoms with E-state index in [1.165, 1.54) is 12.8 Å². The highest BCUT2D eigenvalue weighted by Crippen LogP contribution is 2.21. The van der Waals surface area contributed by atoms with Crippen LogP contribution in [0, 0.1) is 0 Å². The Morgan fingerprint density at radius 1 is 1.53 bits per heavy atom. The topological polar surface area (TPSA) is 32.7 Å². The van der Waals surface area contributed by atoms with Crippen LogP contribution in [0.2, 0.25) is 0 Å². The van der Waals surface area contributed by atoms with Crippen molar-refractivity contribution in [1.29, 1.82) is 0 Å². The minimum atomic E-state index is -0.399. The number of hydrogen-bond donors (Lipinski definition) is 1. The van der Waals surface area contributed by atoms with Crippen LogP contribution in [0.25, 0.3) is 0 Å². The third-order valence-corrected chi connectivity index (χ3v) is 4.05. The molecule has 0 bridgehead atoms. The molecule has 1 aromatic carbocycles. The summed E-state index contributed by atoms with van der Waals surface area (Å²) in [5.41, 5.74) is 0.972. The predicted molar refractivity (Wildman–Crippen MR) is 80.2 cm³/mol. The van der Waals surface area contributed by atoms with Gasteiger partial charge in [0.1, 0.15) is 0 Å². The summed E-state index contributed by atoms with van der Waals surface area (Å²) in [4.78, 5) is 2.25. The summed E-state index contributed by atoms with van der Waals surface area (Å²) in [6.07, 6.45) is 3.08. The van der Waals surface area contributed by atoms with E-state index in [0.717, 1.165) is 36.2 Å². The third kappa shape index (κ3) is 4.88. The number of rotatable bonds is 6. The van der Waals surface area contributed by atoms with Gasteiger partial charge in [-0.05, 0) is 44.0 Å². The third-order valence-electron chi connectivity index (χ3n) is 3.56. The van der Waals surface area contributed by atoms with Crippen molar-refractivity contribution in [3.63, 3.8) is 0 Å². The second-order valence-electron chi connectivity index (χ2n) is 5.26. The smallest absolute Gasteiger partial charge is 0.0802 e. The molecule has 2 unspecified atom stereocenters. The number of benzene rings is 1. The van der Waals surface area contributed by atoms with Crippen molar-refractivity contribution >= 4 is 15.9 Å². The van der Waals surface area contributed by atoms with E-state index in [-0.39, 0.29) is 0 Å². The molecule has 1 fully saturated rings. The molecule has 0 aliphatic carbocycles. The van der Waals surface area contributed by atoms with E-state index in [4.69, 9.17) is 4.74 Å². The van der Waals surface area contributed by atoms with Gasteiger partial charge < -0.3 is 14.7 Å². The van der Waals surface area contributed by atoms with Gasteiger partial charge in [-0.25, -0.2) is 0 Å². The summed E-state index contributed by atoms with van der Waals surface area (Å²) >= 11 is 3.43. The first-order chi connectivity index (χ1) is 9.15. The van der Waals surface area contributed by atoms with Gasteiger partial charge in [0.15, 0.2) is 0 Å². The second kappa shape index (κ2) is 7.39. The monoisotopic (exact) mass is 327 g/mol. The van der Waals surface area contributed by atoms with Crippen LogP contribution in [0.3, 0.4) is 0 Å². The van der Waals surface area contributed by atoms with Crippen molar-refractivity contribution < 1.29 is 9.84 Å². The lowest BCUT2D eigenvalue weighted by Crippen LogP contribution is -2.30. The number of aliphatic hydroxyl groups excluding tert-OH is 1. The summed E-state index contributed by atoms with van der Waals surface area (Å²) in [7, 11) is 2.09. The fourth-order valence-corrected chi connectivity index (χ4v) is 2.87. The van der Waals surface area contributed by atoms with Crippen molar-refractivity contribution in [1.82, 2.24) is 4.90 Å². The van der Waals surface area contributed by atoms with Gasteiger partial charge in [-0.2, -0.15) is 0 Å². The SMILES string of the molecule is CN(CCC(O)c1cccc(Br)c1)CC1CCCO1. The van der Waals surface area contributed by atoms with Crippen molar-refractivity contribution in [2.24, 2.45) is 0 Å². The molecular formula is C15H22BrNO2. The summed E-state index contributed by atoms with van der Waals surface area (Å²) in [5, 5.41) is 10.2. The molecule has 1 aliphatic heterocycles. The quantitative estimate of drug-likeness (QED) is 0.871. The molecule has 1 N–H and O–H groups in total. The van der Waals surface area contributed by atoms with Crippen LogP contribution in [0.4, 0.5) is 0 Å². The van der Waals surface area contributed by atoms with E-state index in [0.29, 0.717) is 6.10 Å². The fourth-order valence-electron chi connectivity index (χ4n) is 2.45. The molecule has 0 spiro atoms. The average molecular weight is 328 g/mol. The van der Waals surface area contributed by atoms with Crippen LogP contribution in [-0.2, 0) is 4.74 Å². The Labute approximate surface area is 123 Å². The van der Waals surface area contributed by atoms with E-state index in [9.17, 15) is 5.11 Å². The number of likely N-dealkylation sites (N-methyl/N-ethyl adjacent to an activating group) is 1. The number of aliphatic hydroxyl groups is 1. The molecule has 0 aromatic heterocycles. The number of ether oxygens (including phenoxy) is 1. The Kier molecular flexibility index (Phi) is 5.82. The van der Waals surface area contributed by atoms with Gasteiger partial charge in [0.05, 0.1) is 12.2 Å². The van der Waals surface area contributed by atoms with Crippen molar-refractivity contribution in [2.45, 2.75) is 31.5 Å². The molecular weight excluding hydrogens is 306 g/mol. The van der Waals surface area contributed by atoms with Gasteiger partial charge in [-0.15, -0.1) is 0 Å². The maximum Gasteiger partial charge on any atom is 0.0802 e. The molecule has 2 atom stereocenters. The minimum absolute atomic E-state index is 0.382. The Bertz CT molecular complexity index is 393. The summed E-state index contributed by atoms with van der Waals surface area (Å²) < 4.78 is 6.63. The van der Waals surface area contributed by atoms with Crippen LogP contribution in [0.5, 0.6) is 0 Å². The second-order valence-corrected chi connectivity index (χ2v) is 6.17. The van der Waals surface area contributed by atoms with Gasteiger partial charge in [-0.3, -0.25) is 0 Å². The predicted octanol–water partition coefficient (Wildman–Crippen LogP) is 2.98. The maximum absolute atomic E-state index is 10.2. The first-order valence-electron chi connectivity index (χ1n) is 6.89. The van der Waals surface area contributed by atoms with Gasteiger partial charge in [0.25, 0.3) is 0 Å². The van der Waals surface area contributed by atoms with E-state index in [2.05, 4.69) is 27.9 Å². The molecule has 1 aromatic rings. The zero-order valence-electron chi connectivity index (χ0n) is 11.4. The Balaban J connectivity index is 1.74. The Hall–Kier alpha value is -0.420. The number of nitrogens with zero attached hydrogens (tertiary/aromatic N) is 1. The van der Waals surface area contributed by atoms with E-state index < -0.39 is 6.10 Å². The molecule has 0 radical (unpaired) electrons. The number of hydrogen-bond acceptors (Lipinski definition) is 3. The summed E-state index contributed by atoms with van der Waals surface area (Å²) in [6, 6.07) is 7.87. The molecule has 1 saturated heterocycles. The standard InChI is InChI=1S/C15H22BrNO2/c1-17(11-14-6-3-9-19-14)8-7-15(18)12-4-2-5-13(16)10-12/h2,4-5,10,14-15,18H,3,6-9,11H2,1H3. The first-order valence-corrected chi connectivity index (χ1v) is 7.68. The highest BCUT2D eigenvalue weighted by Gasteiger charge is 2.18. The molecule has 4 heteroatoms. The molecule has 1 heterocycles. The normalized spacial score (nSPS) is 20.9. The Morgan fingerprint density at radius 2 is 2.37 bits per heavy atom. The summed E-state index contributed by atoms with van der Waals surface area (Å²) in [5.74, 6) is 0. The van der Waals surface area contributed by atoms with E-state index >= 15 is 0 Å². The first kappa shape index (κ1) is 15.0. The molecule has 3 nitrogen and oxygen atoms in total. The van der Waals surface area contributed by atoms with Crippen molar-refractivity contribution in [2.75, 3.05) is 26.7 Å². The molecule has 1 aliphatic rings. The van der Waals surface area contributed by atoms with Crippen LogP contribution in [0.1, 0.15) is 30.9 Å². The lowest BCUT2D eigenvalue weighted by atomic mass is 10.1. The molecule has 0 saturated carbocycles. The van der Waals surface area contributed by atoms with E-state index in [1.54, 1.807) is 0 Å². The van der Waals surface area contributed by atoms with Gasteiger partial charge >= 0.3 is 0 Å². The molecule has 0 amide bonds. The number of halogens is 1. The largest absolute Gasteiger partial charge is 0.388 e. The van der Waals surface area contributed by atoms with Crippen molar-refractivity contribution in [3.8, 4) is 0 Å².